The van der Waals surface area contributed by atoms with Crippen molar-refractivity contribution in [3.8, 4) is 5.75 Å². The lowest BCUT2D eigenvalue weighted by Crippen LogP contribution is -2.01. The predicted octanol–water partition coefficient (Wildman–Crippen LogP) is 2.30. The quantitative estimate of drug-likeness (QED) is 0.636. The number of nitrogen functional groups attached to an aromatic ring is 2. The first-order valence-corrected chi connectivity index (χ1v) is 5.84. The summed E-state index contributed by atoms with van der Waals surface area (Å²) in [5, 5.41) is 12.1. The normalized spacial score (nSPS) is 10.1. The van der Waals surface area contributed by atoms with Gasteiger partial charge in [-0.1, -0.05) is 0 Å². The third-order valence-corrected chi connectivity index (χ3v) is 2.74. The van der Waals surface area contributed by atoms with Gasteiger partial charge in [0.15, 0.2) is 0 Å². The fraction of sp³-hybridized carbons (Fsp3) is 0.0714. The van der Waals surface area contributed by atoms with Crippen LogP contribution in [0.3, 0.4) is 0 Å². The Bertz CT molecular complexity index is 656. The zero-order chi connectivity index (χ0) is 14.7. The van der Waals surface area contributed by atoms with Crippen LogP contribution in [0.4, 0.5) is 22.7 Å². The van der Waals surface area contributed by atoms with E-state index >= 15 is 0 Å². The number of hydrogen-bond donors (Lipinski definition) is 4. The van der Waals surface area contributed by atoms with Crippen LogP contribution in [0, 0.1) is 0 Å². The lowest BCUT2D eigenvalue weighted by Gasteiger charge is -2.12. The highest BCUT2D eigenvalue weighted by Gasteiger charge is 2.08. The van der Waals surface area contributed by atoms with Gasteiger partial charge < -0.3 is 26.6 Å². The van der Waals surface area contributed by atoms with Crippen molar-refractivity contribution in [2.45, 2.75) is 0 Å². The van der Waals surface area contributed by atoms with Crippen molar-refractivity contribution in [2.75, 3.05) is 23.9 Å². The average Bonchev–Trinajstić information content (AvgIpc) is 2.41. The van der Waals surface area contributed by atoms with Gasteiger partial charge in [-0.2, -0.15) is 0 Å². The molecule has 20 heavy (non-hydrogen) atoms. The van der Waals surface area contributed by atoms with E-state index in [2.05, 4.69) is 5.32 Å². The highest BCUT2D eigenvalue weighted by atomic mass is 16.5. The number of nitrogens with one attached hydrogen (secondary N) is 1. The number of carboxylic acids is 1. The lowest BCUT2D eigenvalue weighted by molar-refractivity contribution is 0.0696. The van der Waals surface area contributed by atoms with Gasteiger partial charge >= 0.3 is 5.97 Å². The number of anilines is 4. The Morgan fingerprint density at radius 1 is 1.20 bits per heavy atom. The molecule has 0 radical (unpaired) electrons. The Balaban J connectivity index is 2.37. The minimum atomic E-state index is -1.03. The predicted molar refractivity (Wildman–Crippen MR) is 78.5 cm³/mol. The van der Waals surface area contributed by atoms with Crippen LogP contribution in [0.15, 0.2) is 36.4 Å². The Hall–Kier alpha value is -2.89. The summed E-state index contributed by atoms with van der Waals surface area (Å²) in [4.78, 5) is 11.1. The Kier molecular flexibility index (Phi) is 3.65. The molecule has 2 aromatic rings. The van der Waals surface area contributed by atoms with Crippen molar-refractivity contribution in [1.82, 2.24) is 0 Å². The van der Waals surface area contributed by atoms with E-state index in [1.54, 1.807) is 24.3 Å². The molecule has 6 nitrogen and oxygen atoms in total. The summed E-state index contributed by atoms with van der Waals surface area (Å²) in [6, 6.07) is 9.69. The first-order valence-electron chi connectivity index (χ1n) is 5.84. The molecule has 0 amide bonds. The van der Waals surface area contributed by atoms with Gasteiger partial charge in [-0.15, -0.1) is 0 Å². The second kappa shape index (κ2) is 5.40. The maximum absolute atomic E-state index is 11.1. The average molecular weight is 273 g/mol. The Morgan fingerprint density at radius 2 is 1.95 bits per heavy atom. The van der Waals surface area contributed by atoms with Gasteiger partial charge in [0.1, 0.15) is 5.75 Å². The van der Waals surface area contributed by atoms with Gasteiger partial charge in [0.25, 0.3) is 0 Å². The molecule has 6 heteroatoms. The zero-order valence-corrected chi connectivity index (χ0v) is 10.9. The fourth-order valence-electron chi connectivity index (χ4n) is 1.76. The van der Waals surface area contributed by atoms with Crippen molar-refractivity contribution in [1.29, 1.82) is 0 Å². The monoisotopic (exact) mass is 273 g/mol. The molecule has 0 unspecified atom stereocenters. The fourth-order valence-corrected chi connectivity index (χ4v) is 1.76. The summed E-state index contributed by atoms with van der Waals surface area (Å²) in [5.74, 6) is -0.585. The molecule has 0 bridgehead atoms. The van der Waals surface area contributed by atoms with Crippen LogP contribution in [0.2, 0.25) is 0 Å². The Morgan fingerprint density at radius 3 is 2.55 bits per heavy atom. The van der Waals surface area contributed by atoms with Crippen molar-refractivity contribution in [2.24, 2.45) is 0 Å². The molecule has 104 valence electrons. The van der Waals surface area contributed by atoms with Crippen LogP contribution in [-0.4, -0.2) is 18.2 Å². The van der Waals surface area contributed by atoms with E-state index in [1.807, 2.05) is 0 Å². The number of carbonyl (C=O) groups is 1. The number of nitrogens with two attached hydrogens (primary N) is 2. The third-order valence-electron chi connectivity index (χ3n) is 2.74. The molecular weight excluding hydrogens is 258 g/mol. The summed E-state index contributed by atoms with van der Waals surface area (Å²) in [5.41, 5.74) is 13.8. The van der Waals surface area contributed by atoms with Crippen LogP contribution in [0.5, 0.6) is 5.75 Å². The number of methoxy groups -OCH3 is 1. The number of rotatable bonds is 4. The number of hydrogen-bond acceptors (Lipinski definition) is 5. The van der Waals surface area contributed by atoms with Crippen molar-refractivity contribution in [3.63, 3.8) is 0 Å². The molecule has 0 aliphatic carbocycles. The minimum absolute atomic E-state index is 0.126. The van der Waals surface area contributed by atoms with Gasteiger partial charge in [0.2, 0.25) is 0 Å². The maximum atomic E-state index is 11.1. The molecule has 2 rings (SSSR count). The van der Waals surface area contributed by atoms with Crippen molar-refractivity contribution >= 4 is 28.7 Å². The minimum Gasteiger partial charge on any atom is -0.497 e. The molecule has 0 saturated heterocycles. The molecule has 0 aliphatic rings. The van der Waals surface area contributed by atoms with Gasteiger partial charge in [-0.05, 0) is 30.3 Å². The number of benzene rings is 2. The topological polar surface area (TPSA) is 111 Å². The number of ether oxygens (including phenoxy) is 1. The molecule has 0 aromatic heterocycles. The Labute approximate surface area is 116 Å². The van der Waals surface area contributed by atoms with Crippen LogP contribution in [0.25, 0.3) is 0 Å². The molecule has 6 N–H and O–H groups in total. The van der Waals surface area contributed by atoms with Gasteiger partial charge in [0, 0.05) is 17.4 Å². The molecule has 0 spiro atoms. The van der Waals surface area contributed by atoms with E-state index in [4.69, 9.17) is 21.3 Å². The van der Waals surface area contributed by atoms with E-state index in [9.17, 15) is 4.79 Å². The van der Waals surface area contributed by atoms with E-state index < -0.39 is 5.97 Å². The number of carboxylic acid groups (broad SMARTS) is 1. The highest BCUT2D eigenvalue weighted by molar-refractivity contribution is 5.90. The van der Waals surface area contributed by atoms with Crippen LogP contribution in [0.1, 0.15) is 10.4 Å². The van der Waals surface area contributed by atoms with Crippen LogP contribution in [-0.2, 0) is 0 Å². The van der Waals surface area contributed by atoms with Gasteiger partial charge in [-0.25, -0.2) is 4.79 Å². The number of aromatic carboxylic acids is 1. The molecule has 2 aromatic carbocycles. The largest absolute Gasteiger partial charge is 0.497 e. The third kappa shape index (κ3) is 2.92. The van der Waals surface area contributed by atoms with E-state index in [0.717, 1.165) is 0 Å². The zero-order valence-electron chi connectivity index (χ0n) is 10.9. The molecule has 0 aliphatic heterocycles. The molecule has 0 heterocycles. The molecule has 0 fully saturated rings. The summed E-state index contributed by atoms with van der Waals surface area (Å²) < 4.78 is 5.08. The molecule has 0 saturated carbocycles. The van der Waals surface area contributed by atoms with Gasteiger partial charge in [-0.3, -0.25) is 0 Å². The highest BCUT2D eigenvalue weighted by Crippen LogP contribution is 2.28. The summed E-state index contributed by atoms with van der Waals surface area (Å²) in [6.07, 6.45) is 0. The second-order valence-corrected chi connectivity index (χ2v) is 4.23. The lowest BCUT2D eigenvalue weighted by atomic mass is 10.1. The van der Waals surface area contributed by atoms with Crippen molar-refractivity contribution in [3.05, 3.63) is 42.0 Å². The van der Waals surface area contributed by atoms with Crippen molar-refractivity contribution < 1.29 is 14.6 Å². The maximum Gasteiger partial charge on any atom is 0.335 e. The molecule has 0 atom stereocenters. The van der Waals surface area contributed by atoms with E-state index in [1.165, 1.54) is 19.2 Å². The van der Waals surface area contributed by atoms with E-state index in [0.29, 0.717) is 28.5 Å². The van der Waals surface area contributed by atoms with E-state index in [-0.39, 0.29) is 5.56 Å². The van der Waals surface area contributed by atoms with Crippen LogP contribution >= 0.6 is 0 Å². The van der Waals surface area contributed by atoms with Crippen LogP contribution < -0.4 is 21.5 Å². The SMILES string of the molecule is COc1cc(Nc2ccc(N)cc2N)cc(C(=O)O)c1. The first-order chi connectivity index (χ1) is 9.49. The first kappa shape index (κ1) is 13.5. The summed E-state index contributed by atoms with van der Waals surface area (Å²) >= 11 is 0. The van der Waals surface area contributed by atoms with Gasteiger partial charge in [0.05, 0.1) is 24.0 Å². The second-order valence-electron chi connectivity index (χ2n) is 4.23. The smallest absolute Gasteiger partial charge is 0.335 e. The standard InChI is InChI=1S/C14H15N3O3/c1-20-11-5-8(14(18)19)4-10(7-11)17-13-3-2-9(15)6-12(13)16/h2-7,17H,15-16H2,1H3,(H,18,19). The molecular formula is C14H15N3O3. The summed E-state index contributed by atoms with van der Waals surface area (Å²) in [6.45, 7) is 0. The summed E-state index contributed by atoms with van der Waals surface area (Å²) in [7, 11) is 1.47.